The summed E-state index contributed by atoms with van der Waals surface area (Å²) >= 11 is 0. The van der Waals surface area contributed by atoms with Crippen molar-refractivity contribution in [2.75, 3.05) is 26.4 Å². The topological polar surface area (TPSA) is 276 Å². The minimum absolute atomic E-state index is 0.0786. The maximum Gasteiger partial charge on any atom is 0.187 e. The Kier molecular flexibility index (Phi) is 13.5. The van der Waals surface area contributed by atoms with E-state index in [0.717, 1.165) is 51.6 Å². The molecule has 4 saturated carbocycles. The molecule has 0 aromatic heterocycles. The standard InChI is InChI=1S/C45H74O18/c1-19-7-12-45(56-18-19)20(2)30-26(63-45)14-25-23-6-5-21-13-22(8-10-43(21,3)24(23)9-11-44(25,30)4)57-42-39(62-41-36(54)34(52)32(50)28(16-47)59-41)37(55)38(29(17-48)60-42)61-40-35(53)33(51)31(49)27(15-46)58-40/h19-42,46-55H,5-18H2,1-4H3/t19-,20-,21+,22-,23+,24-,25-,26-,27+,28+,29+,30-,31+,32+,33-,34-,35+,36+,37-,38+,39+,40-,41-,42+,43-,44-,45+/m0/s1. The van der Waals surface area contributed by atoms with Crippen molar-refractivity contribution < 1.29 is 89.0 Å². The molecule has 18 heteroatoms. The van der Waals surface area contributed by atoms with Crippen LogP contribution in [-0.4, -0.2) is 188 Å². The Morgan fingerprint density at radius 3 is 1.76 bits per heavy atom. The molecule has 0 aromatic rings. The molecule has 0 bridgehead atoms. The van der Waals surface area contributed by atoms with Gasteiger partial charge in [-0.2, -0.15) is 0 Å². The van der Waals surface area contributed by atoms with Gasteiger partial charge in [-0.15, -0.1) is 0 Å². The third kappa shape index (κ3) is 7.88. The van der Waals surface area contributed by atoms with Gasteiger partial charge in [0.1, 0.15) is 73.2 Å². The minimum atomic E-state index is -1.84. The molecule has 4 aliphatic carbocycles. The highest BCUT2D eigenvalue weighted by molar-refractivity contribution is 5.15. The maximum atomic E-state index is 12.0. The van der Waals surface area contributed by atoms with E-state index >= 15 is 0 Å². The molecule has 9 aliphatic rings. The highest BCUT2D eigenvalue weighted by atomic mass is 16.8. The molecule has 9 fully saturated rings. The van der Waals surface area contributed by atoms with Gasteiger partial charge in [0.25, 0.3) is 0 Å². The summed E-state index contributed by atoms with van der Waals surface area (Å²) in [5, 5.41) is 106. The summed E-state index contributed by atoms with van der Waals surface area (Å²) in [6.07, 6.45) is -14.4. The molecular weight excluding hydrogens is 828 g/mol. The van der Waals surface area contributed by atoms with Crippen molar-refractivity contribution in [1.29, 1.82) is 0 Å². The molecule has 1 spiro atoms. The smallest absolute Gasteiger partial charge is 0.187 e. The van der Waals surface area contributed by atoms with Crippen LogP contribution in [0.3, 0.4) is 0 Å². The zero-order chi connectivity index (χ0) is 44.9. The molecule has 5 heterocycles. The zero-order valence-corrected chi connectivity index (χ0v) is 37.0. The van der Waals surface area contributed by atoms with Crippen molar-refractivity contribution in [2.24, 2.45) is 52.3 Å². The van der Waals surface area contributed by atoms with Crippen molar-refractivity contribution in [3.63, 3.8) is 0 Å². The number of fused-ring (bicyclic) bond motifs is 7. The van der Waals surface area contributed by atoms with Crippen LogP contribution in [-0.2, 0) is 37.9 Å². The van der Waals surface area contributed by atoms with Crippen LogP contribution in [0.25, 0.3) is 0 Å². The molecule has 0 radical (unpaired) electrons. The molecule has 63 heavy (non-hydrogen) atoms. The second-order valence-corrected chi connectivity index (χ2v) is 21.5. The van der Waals surface area contributed by atoms with Gasteiger partial charge in [0, 0.05) is 12.3 Å². The van der Waals surface area contributed by atoms with E-state index in [0.29, 0.717) is 54.3 Å². The first kappa shape index (κ1) is 47.4. The average Bonchev–Trinajstić information content (AvgIpc) is 3.72. The number of aliphatic hydroxyl groups excluding tert-OH is 10. The van der Waals surface area contributed by atoms with Crippen LogP contribution in [0.2, 0.25) is 0 Å². The van der Waals surface area contributed by atoms with E-state index in [-0.39, 0.29) is 23.0 Å². The fourth-order valence-corrected chi connectivity index (χ4v) is 14.7. The highest BCUT2D eigenvalue weighted by Gasteiger charge is 2.69. The van der Waals surface area contributed by atoms with Gasteiger partial charge in [-0.25, -0.2) is 0 Å². The monoisotopic (exact) mass is 902 g/mol. The van der Waals surface area contributed by atoms with Crippen molar-refractivity contribution in [2.45, 2.75) is 202 Å². The summed E-state index contributed by atoms with van der Waals surface area (Å²) in [7, 11) is 0. The van der Waals surface area contributed by atoms with Crippen LogP contribution >= 0.6 is 0 Å². The summed E-state index contributed by atoms with van der Waals surface area (Å²) in [6, 6.07) is 0. The van der Waals surface area contributed by atoms with Crippen LogP contribution in [0.15, 0.2) is 0 Å². The lowest BCUT2D eigenvalue weighted by Gasteiger charge is -2.61. The Morgan fingerprint density at radius 1 is 0.556 bits per heavy atom. The van der Waals surface area contributed by atoms with E-state index in [1.165, 1.54) is 6.42 Å². The van der Waals surface area contributed by atoms with E-state index in [4.69, 9.17) is 37.9 Å². The first-order valence-corrected chi connectivity index (χ1v) is 23.8. The second kappa shape index (κ2) is 18.0. The van der Waals surface area contributed by atoms with Crippen molar-refractivity contribution in [1.82, 2.24) is 0 Å². The summed E-state index contributed by atoms with van der Waals surface area (Å²) in [5.74, 6) is 3.05. The molecular formula is C45H74O18. The van der Waals surface area contributed by atoms with E-state index < -0.39 is 118 Å². The van der Waals surface area contributed by atoms with E-state index in [9.17, 15) is 51.1 Å². The molecule has 18 nitrogen and oxygen atoms in total. The molecule has 10 N–H and O–H groups in total. The van der Waals surface area contributed by atoms with Crippen LogP contribution in [0.5, 0.6) is 0 Å². The Bertz CT molecular complexity index is 1570. The number of hydrogen-bond acceptors (Lipinski definition) is 18. The summed E-state index contributed by atoms with van der Waals surface area (Å²) in [5.41, 5.74) is 0.280. The molecule has 0 unspecified atom stereocenters. The predicted molar refractivity (Wildman–Crippen MR) is 216 cm³/mol. The van der Waals surface area contributed by atoms with Gasteiger partial charge >= 0.3 is 0 Å². The zero-order valence-electron chi connectivity index (χ0n) is 37.0. The third-order valence-electron chi connectivity index (χ3n) is 18.3. The lowest BCUT2D eigenvalue weighted by Crippen LogP contribution is -2.67. The molecule has 5 aliphatic heterocycles. The van der Waals surface area contributed by atoms with E-state index in [1.54, 1.807) is 0 Å². The van der Waals surface area contributed by atoms with Gasteiger partial charge in [0.05, 0.1) is 38.6 Å². The molecule has 362 valence electrons. The van der Waals surface area contributed by atoms with Gasteiger partial charge < -0.3 is 89.0 Å². The van der Waals surface area contributed by atoms with Crippen LogP contribution in [0, 0.1) is 52.3 Å². The fourth-order valence-electron chi connectivity index (χ4n) is 14.7. The number of aliphatic hydroxyl groups is 10. The van der Waals surface area contributed by atoms with Crippen LogP contribution < -0.4 is 0 Å². The minimum Gasteiger partial charge on any atom is -0.394 e. The first-order chi connectivity index (χ1) is 30.0. The van der Waals surface area contributed by atoms with Gasteiger partial charge in [-0.05, 0) is 104 Å². The van der Waals surface area contributed by atoms with Gasteiger partial charge in [0.2, 0.25) is 0 Å². The summed E-state index contributed by atoms with van der Waals surface area (Å²) in [6.45, 7) is 8.24. The molecule has 27 atom stereocenters. The number of hydrogen-bond donors (Lipinski definition) is 10. The Morgan fingerprint density at radius 2 is 1.16 bits per heavy atom. The second-order valence-electron chi connectivity index (χ2n) is 21.5. The Hall–Kier alpha value is -0.720. The normalized spacial score (nSPS) is 58.2. The van der Waals surface area contributed by atoms with Crippen molar-refractivity contribution >= 4 is 0 Å². The SMILES string of the molecule is C[C@H]1CC[C@@]2(OC1)O[C@H]1C[C@H]3[C@@H]4CC[C@@H]5C[C@@H](O[C@@H]6O[C@H](CO)[C@@H](O[C@@H]7O[C@H](CO)[C@@H](O)[C@H](O)[C@H]7O)[C@H](O)[C@H]6O[C@@H]6O[C@H](CO)[C@@H](O)[C@H](O)[C@H]6O)CC[C@]5(C)[C@H]4CC[C@]3(C)[C@H]1[C@@H]2C. The predicted octanol–water partition coefficient (Wildman–Crippen LogP) is -0.734. The summed E-state index contributed by atoms with van der Waals surface area (Å²) < 4.78 is 49.8. The lowest BCUT2D eigenvalue weighted by atomic mass is 9.44. The fraction of sp³-hybridized carbons (Fsp3) is 1.00. The van der Waals surface area contributed by atoms with Gasteiger partial charge in [-0.1, -0.05) is 27.7 Å². The number of ether oxygens (including phenoxy) is 8. The van der Waals surface area contributed by atoms with E-state index in [1.807, 2.05) is 0 Å². The quantitative estimate of drug-likeness (QED) is 0.128. The highest BCUT2D eigenvalue weighted by Crippen LogP contribution is 2.71. The van der Waals surface area contributed by atoms with Crippen molar-refractivity contribution in [3.05, 3.63) is 0 Å². The molecule has 0 amide bonds. The largest absolute Gasteiger partial charge is 0.394 e. The number of rotatable bonds is 9. The van der Waals surface area contributed by atoms with Crippen LogP contribution in [0.1, 0.15) is 91.9 Å². The summed E-state index contributed by atoms with van der Waals surface area (Å²) in [4.78, 5) is 0. The maximum absolute atomic E-state index is 12.0. The molecule has 5 saturated heterocycles. The molecule has 9 rings (SSSR count). The first-order valence-electron chi connectivity index (χ1n) is 23.8. The Labute approximate surface area is 369 Å². The third-order valence-corrected chi connectivity index (χ3v) is 18.3. The van der Waals surface area contributed by atoms with Crippen molar-refractivity contribution in [3.8, 4) is 0 Å². The Balaban J connectivity index is 0.904. The molecule has 0 aromatic carbocycles. The van der Waals surface area contributed by atoms with Gasteiger partial charge in [0.15, 0.2) is 24.7 Å². The average molecular weight is 903 g/mol. The van der Waals surface area contributed by atoms with Gasteiger partial charge in [-0.3, -0.25) is 0 Å². The van der Waals surface area contributed by atoms with Crippen LogP contribution in [0.4, 0.5) is 0 Å². The lowest BCUT2D eigenvalue weighted by molar-refractivity contribution is -0.391. The van der Waals surface area contributed by atoms with E-state index in [2.05, 4.69) is 27.7 Å².